The minimum Gasteiger partial charge on any atom is -0.350 e. The van der Waals surface area contributed by atoms with E-state index in [-0.39, 0.29) is 5.91 Å². The highest BCUT2D eigenvalue weighted by atomic mass is 16.1. The highest BCUT2D eigenvalue weighted by molar-refractivity contribution is 6.06. The Kier molecular flexibility index (Phi) is 6.13. The van der Waals surface area contributed by atoms with Crippen LogP contribution in [0.2, 0.25) is 0 Å². The number of carbonyl (C=O) groups is 1. The largest absolute Gasteiger partial charge is 0.350 e. The first-order chi connectivity index (χ1) is 14.5. The third-order valence-corrected chi connectivity index (χ3v) is 6.25. The van der Waals surface area contributed by atoms with E-state index in [0.717, 1.165) is 41.3 Å². The van der Waals surface area contributed by atoms with Crippen LogP contribution in [0, 0.1) is 12.8 Å². The number of fused-ring (bicyclic) bond motifs is 1. The average Bonchev–Trinajstić information content (AvgIpc) is 3.16. The first-order valence-electron chi connectivity index (χ1n) is 10.9. The molecule has 3 heterocycles. The number of benzene rings is 1. The second-order valence-electron chi connectivity index (χ2n) is 8.59. The summed E-state index contributed by atoms with van der Waals surface area (Å²) in [4.78, 5) is 20.4. The number of piperidine rings is 1. The number of nitrogens with one attached hydrogen (secondary N) is 1. The van der Waals surface area contributed by atoms with Gasteiger partial charge in [0.1, 0.15) is 0 Å². The lowest BCUT2D eigenvalue weighted by Crippen LogP contribution is -2.45. The zero-order chi connectivity index (χ0) is 21.1. The summed E-state index contributed by atoms with van der Waals surface area (Å²) in [7, 11) is 0. The lowest BCUT2D eigenvalue weighted by molar-refractivity contribution is 0.0923. The van der Waals surface area contributed by atoms with Gasteiger partial charge in [-0.3, -0.25) is 19.4 Å². The van der Waals surface area contributed by atoms with Crippen LogP contribution in [0.25, 0.3) is 10.9 Å². The number of pyridine rings is 1. The molecule has 1 saturated heterocycles. The predicted octanol–water partition coefficient (Wildman–Crippen LogP) is 3.64. The molecule has 3 aromatic rings. The van der Waals surface area contributed by atoms with Gasteiger partial charge in [-0.05, 0) is 63.9 Å². The molecule has 1 amide bonds. The Morgan fingerprint density at radius 1 is 1.23 bits per heavy atom. The van der Waals surface area contributed by atoms with Gasteiger partial charge in [-0.1, -0.05) is 25.1 Å². The smallest absolute Gasteiger partial charge is 0.252 e. The van der Waals surface area contributed by atoms with E-state index < -0.39 is 0 Å². The molecular formula is C24H31N5O. The van der Waals surface area contributed by atoms with E-state index in [1.54, 1.807) is 6.20 Å². The number of para-hydroxylation sites is 1. The molecular weight excluding hydrogens is 374 g/mol. The van der Waals surface area contributed by atoms with Crippen molar-refractivity contribution in [3.63, 3.8) is 0 Å². The van der Waals surface area contributed by atoms with E-state index >= 15 is 0 Å². The van der Waals surface area contributed by atoms with Crippen molar-refractivity contribution in [1.82, 2.24) is 25.0 Å². The van der Waals surface area contributed by atoms with Crippen molar-refractivity contribution in [2.45, 2.75) is 46.2 Å². The summed E-state index contributed by atoms with van der Waals surface area (Å²) >= 11 is 0. The zero-order valence-corrected chi connectivity index (χ0v) is 18.1. The van der Waals surface area contributed by atoms with Crippen molar-refractivity contribution in [3.05, 3.63) is 59.5 Å². The normalized spacial score (nSPS) is 16.6. The molecule has 1 fully saturated rings. The molecule has 2 aromatic heterocycles. The molecule has 158 valence electrons. The summed E-state index contributed by atoms with van der Waals surface area (Å²) in [6, 6.07) is 12.1. The molecule has 1 unspecified atom stereocenters. The average molecular weight is 406 g/mol. The lowest BCUT2D eigenvalue weighted by Gasteiger charge is -2.35. The Morgan fingerprint density at radius 3 is 2.73 bits per heavy atom. The van der Waals surface area contributed by atoms with Crippen LogP contribution in [0.3, 0.4) is 0 Å². The molecule has 0 radical (unpaired) electrons. The van der Waals surface area contributed by atoms with Gasteiger partial charge in [-0.2, -0.15) is 5.10 Å². The molecule has 1 aliphatic rings. The molecule has 6 nitrogen and oxygen atoms in total. The van der Waals surface area contributed by atoms with Gasteiger partial charge in [0.25, 0.3) is 5.91 Å². The van der Waals surface area contributed by atoms with Crippen molar-refractivity contribution in [3.8, 4) is 0 Å². The number of hydrogen-bond donors (Lipinski definition) is 1. The fourth-order valence-corrected chi connectivity index (χ4v) is 4.15. The number of likely N-dealkylation sites (tertiary alicyclic amines) is 1. The Morgan fingerprint density at radius 2 is 2.00 bits per heavy atom. The molecule has 0 aliphatic carbocycles. The molecule has 6 heteroatoms. The molecule has 1 aromatic carbocycles. The Labute approximate surface area is 178 Å². The molecule has 4 rings (SSSR count). The van der Waals surface area contributed by atoms with E-state index in [2.05, 4.69) is 29.2 Å². The zero-order valence-electron chi connectivity index (χ0n) is 18.1. The van der Waals surface area contributed by atoms with Crippen LogP contribution in [-0.2, 0) is 6.54 Å². The third-order valence-electron chi connectivity index (χ3n) is 6.25. The molecule has 1 N–H and O–H groups in total. The Hall–Kier alpha value is -2.73. The molecule has 1 aliphatic heterocycles. The summed E-state index contributed by atoms with van der Waals surface area (Å²) in [6.07, 6.45) is 4.26. The third kappa shape index (κ3) is 4.54. The Bertz CT molecular complexity index is 1020. The SMILES string of the molecule is Cc1ccnn1Cc1cc(C(=O)NCC(C)N2CCC(C)CC2)c2ccccc2n1. The topological polar surface area (TPSA) is 63.1 Å². The van der Waals surface area contributed by atoms with Gasteiger partial charge >= 0.3 is 0 Å². The maximum atomic E-state index is 13.1. The fraction of sp³-hybridized carbons (Fsp3) is 0.458. The van der Waals surface area contributed by atoms with Gasteiger partial charge in [0.15, 0.2) is 0 Å². The van der Waals surface area contributed by atoms with Crippen molar-refractivity contribution < 1.29 is 4.79 Å². The second kappa shape index (κ2) is 8.96. The van der Waals surface area contributed by atoms with Crippen LogP contribution in [0.5, 0.6) is 0 Å². The number of aromatic nitrogens is 3. The van der Waals surface area contributed by atoms with Crippen molar-refractivity contribution in [2.24, 2.45) is 5.92 Å². The molecule has 0 bridgehead atoms. The summed E-state index contributed by atoms with van der Waals surface area (Å²) in [5.41, 5.74) is 3.42. The van der Waals surface area contributed by atoms with Gasteiger partial charge in [0, 0.05) is 29.9 Å². The van der Waals surface area contributed by atoms with Crippen molar-refractivity contribution in [1.29, 1.82) is 0 Å². The Balaban J connectivity index is 1.51. The number of amides is 1. The summed E-state index contributed by atoms with van der Waals surface area (Å²) in [5.74, 6) is 0.771. The minimum absolute atomic E-state index is 0.0377. The van der Waals surface area contributed by atoms with Crippen molar-refractivity contribution >= 4 is 16.8 Å². The lowest BCUT2D eigenvalue weighted by atomic mass is 9.98. The van der Waals surface area contributed by atoms with Gasteiger partial charge in [0.05, 0.1) is 23.3 Å². The molecule has 0 spiro atoms. The van der Waals surface area contributed by atoms with Crippen LogP contribution < -0.4 is 5.32 Å². The molecule has 0 saturated carbocycles. The monoisotopic (exact) mass is 405 g/mol. The van der Waals surface area contributed by atoms with Crippen LogP contribution in [0.15, 0.2) is 42.6 Å². The first kappa shape index (κ1) is 20.5. The summed E-state index contributed by atoms with van der Waals surface area (Å²) in [5, 5.41) is 8.40. The van der Waals surface area contributed by atoms with Crippen molar-refractivity contribution in [2.75, 3.05) is 19.6 Å². The molecule has 30 heavy (non-hydrogen) atoms. The quantitative estimate of drug-likeness (QED) is 0.680. The van der Waals surface area contributed by atoms with Crippen LogP contribution >= 0.6 is 0 Å². The second-order valence-corrected chi connectivity index (χ2v) is 8.59. The van der Waals surface area contributed by atoms with Crippen LogP contribution in [-0.4, -0.2) is 51.2 Å². The number of nitrogens with zero attached hydrogens (tertiary/aromatic N) is 4. The van der Waals surface area contributed by atoms with E-state index in [9.17, 15) is 4.79 Å². The van der Waals surface area contributed by atoms with E-state index in [1.807, 2.05) is 48.0 Å². The van der Waals surface area contributed by atoms with Gasteiger partial charge in [-0.25, -0.2) is 0 Å². The highest BCUT2D eigenvalue weighted by Crippen LogP contribution is 2.20. The number of carbonyl (C=O) groups excluding carboxylic acids is 1. The van der Waals surface area contributed by atoms with Crippen LogP contribution in [0.4, 0.5) is 0 Å². The number of hydrogen-bond acceptors (Lipinski definition) is 4. The van der Waals surface area contributed by atoms with Crippen LogP contribution in [0.1, 0.15) is 48.4 Å². The summed E-state index contributed by atoms with van der Waals surface area (Å²) in [6.45, 7) is 9.97. The standard InChI is InChI=1S/C24H31N5O/c1-17-9-12-28(13-10-17)19(3)15-25-24(30)22-14-20(16-29-18(2)8-11-26-29)27-23-7-5-4-6-21(22)23/h4-8,11,14,17,19H,9-10,12-13,15-16H2,1-3H3,(H,25,30). The van der Waals surface area contributed by atoms with E-state index in [1.165, 1.54) is 12.8 Å². The maximum absolute atomic E-state index is 13.1. The minimum atomic E-state index is -0.0377. The van der Waals surface area contributed by atoms with Gasteiger partial charge in [-0.15, -0.1) is 0 Å². The van der Waals surface area contributed by atoms with Gasteiger partial charge in [0.2, 0.25) is 0 Å². The van der Waals surface area contributed by atoms with E-state index in [0.29, 0.717) is 24.7 Å². The fourth-order valence-electron chi connectivity index (χ4n) is 4.15. The van der Waals surface area contributed by atoms with E-state index in [4.69, 9.17) is 4.98 Å². The predicted molar refractivity (Wildman–Crippen MR) is 120 cm³/mol. The number of rotatable bonds is 6. The molecule has 1 atom stereocenters. The number of aryl methyl sites for hydroxylation is 1. The first-order valence-corrected chi connectivity index (χ1v) is 10.9. The van der Waals surface area contributed by atoms with Gasteiger partial charge < -0.3 is 5.32 Å². The maximum Gasteiger partial charge on any atom is 0.252 e. The highest BCUT2D eigenvalue weighted by Gasteiger charge is 2.21. The summed E-state index contributed by atoms with van der Waals surface area (Å²) < 4.78 is 1.90.